The molecule has 1 rings (SSSR count). The minimum absolute atomic E-state index is 0.424. The number of sulfonamides is 1. The van der Waals surface area contributed by atoms with Crippen molar-refractivity contribution in [1.82, 2.24) is 4.72 Å². The molecule has 1 N–H and O–H groups in total. The second-order valence-electron chi connectivity index (χ2n) is 3.48. The highest BCUT2D eigenvalue weighted by atomic mass is 32.2. The first-order valence-electron chi connectivity index (χ1n) is 4.87. The van der Waals surface area contributed by atoms with E-state index in [4.69, 9.17) is 13.0 Å². The van der Waals surface area contributed by atoms with Crippen molar-refractivity contribution in [2.24, 2.45) is 0 Å². The van der Waals surface area contributed by atoms with E-state index in [0.717, 1.165) is 6.26 Å². The molecule has 18 heavy (non-hydrogen) atoms. The summed E-state index contributed by atoms with van der Waals surface area (Å²) in [5.41, 5.74) is 0. The SMILES string of the molecule is CS(=O)(=O)NCC[n+]1ccccc1.CS(=O)(=O)[O-]. The summed E-state index contributed by atoms with van der Waals surface area (Å²) in [6, 6.07) is 5.72. The standard InChI is InChI=1S/C8H13N2O2S.CH4O3S/c1-13(11,12)9-5-8-10-6-3-2-4-7-10;1-5(2,3)4/h2-4,6-7,9H,5,8H2,1H3;1H3,(H,2,3,4)/q+1;/p-1. The van der Waals surface area contributed by atoms with Gasteiger partial charge >= 0.3 is 0 Å². The summed E-state index contributed by atoms with van der Waals surface area (Å²) in [6.07, 6.45) is 5.55. The van der Waals surface area contributed by atoms with E-state index in [1.807, 2.05) is 35.2 Å². The van der Waals surface area contributed by atoms with Crippen molar-refractivity contribution in [2.45, 2.75) is 6.54 Å². The zero-order valence-corrected chi connectivity index (χ0v) is 11.7. The third-order valence-electron chi connectivity index (χ3n) is 1.51. The molecule has 0 fully saturated rings. The van der Waals surface area contributed by atoms with Crippen molar-refractivity contribution in [3.05, 3.63) is 30.6 Å². The van der Waals surface area contributed by atoms with E-state index in [1.165, 1.54) is 0 Å². The van der Waals surface area contributed by atoms with Crippen LogP contribution in [0.5, 0.6) is 0 Å². The van der Waals surface area contributed by atoms with Gasteiger partial charge in [0.1, 0.15) is 0 Å². The maximum Gasteiger partial charge on any atom is 0.208 e. The molecule has 0 bridgehead atoms. The summed E-state index contributed by atoms with van der Waals surface area (Å²) >= 11 is 0. The number of rotatable bonds is 4. The van der Waals surface area contributed by atoms with Gasteiger partial charge in [-0.25, -0.2) is 26.1 Å². The molecule has 0 radical (unpaired) electrons. The predicted octanol–water partition coefficient (Wildman–Crippen LogP) is -1.32. The normalized spacial score (nSPS) is 11.5. The fourth-order valence-electron chi connectivity index (χ4n) is 0.944. The van der Waals surface area contributed by atoms with Crippen molar-refractivity contribution in [3.8, 4) is 0 Å². The average Bonchev–Trinajstić information content (AvgIpc) is 2.14. The first kappa shape index (κ1) is 17.0. The van der Waals surface area contributed by atoms with Crippen LogP contribution in [0.1, 0.15) is 0 Å². The molecule has 0 unspecified atom stereocenters. The summed E-state index contributed by atoms with van der Waals surface area (Å²) in [5.74, 6) is 0. The lowest BCUT2D eigenvalue weighted by atomic mass is 10.5. The Labute approximate surface area is 107 Å². The summed E-state index contributed by atoms with van der Waals surface area (Å²) in [5, 5.41) is 0. The smallest absolute Gasteiger partial charge is 0.208 e. The van der Waals surface area contributed by atoms with Crippen molar-refractivity contribution in [3.63, 3.8) is 0 Å². The van der Waals surface area contributed by atoms with E-state index in [-0.39, 0.29) is 0 Å². The van der Waals surface area contributed by atoms with E-state index >= 15 is 0 Å². The molecule has 0 saturated heterocycles. The third-order valence-corrected chi connectivity index (χ3v) is 2.24. The first-order chi connectivity index (χ1) is 8.08. The van der Waals surface area contributed by atoms with Gasteiger partial charge in [0.05, 0.1) is 22.9 Å². The second kappa shape index (κ2) is 7.41. The fraction of sp³-hybridized carbons (Fsp3) is 0.444. The molecule has 9 heteroatoms. The van der Waals surface area contributed by atoms with E-state index in [2.05, 4.69) is 4.72 Å². The maximum atomic E-state index is 10.7. The van der Waals surface area contributed by atoms with Crippen LogP contribution in [0.15, 0.2) is 30.6 Å². The molecular formula is C9H16N2O5S2. The Bertz CT molecular complexity index is 532. The van der Waals surface area contributed by atoms with Crippen LogP contribution >= 0.6 is 0 Å². The van der Waals surface area contributed by atoms with Crippen LogP contribution in [-0.4, -0.2) is 40.4 Å². The van der Waals surface area contributed by atoms with Crippen LogP contribution in [0.2, 0.25) is 0 Å². The van der Waals surface area contributed by atoms with Crippen LogP contribution in [0.4, 0.5) is 0 Å². The molecule has 104 valence electrons. The lowest BCUT2D eigenvalue weighted by molar-refractivity contribution is -0.694. The molecule has 0 saturated carbocycles. The van der Waals surface area contributed by atoms with Gasteiger partial charge in [0.25, 0.3) is 0 Å². The zero-order valence-electron chi connectivity index (χ0n) is 10.1. The van der Waals surface area contributed by atoms with Gasteiger partial charge in [-0.2, -0.15) is 0 Å². The Hall–Kier alpha value is -1.03. The largest absolute Gasteiger partial charge is 0.748 e. The van der Waals surface area contributed by atoms with Gasteiger partial charge in [-0.1, -0.05) is 6.07 Å². The molecule has 1 aromatic heterocycles. The molecule has 0 aromatic carbocycles. The summed E-state index contributed by atoms with van der Waals surface area (Å²) in [4.78, 5) is 0. The Balaban J connectivity index is 0.000000494. The highest BCUT2D eigenvalue weighted by Gasteiger charge is 2.02. The van der Waals surface area contributed by atoms with Gasteiger partial charge in [-0.15, -0.1) is 0 Å². The van der Waals surface area contributed by atoms with Crippen LogP contribution in [0, 0.1) is 0 Å². The molecule has 0 spiro atoms. The fourth-order valence-corrected chi connectivity index (χ4v) is 1.41. The minimum atomic E-state index is -3.92. The lowest BCUT2D eigenvalue weighted by Crippen LogP contribution is -2.39. The molecule has 1 aromatic rings. The molecule has 0 aliphatic rings. The predicted molar refractivity (Wildman–Crippen MR) is 65.1 cm³/mol. The van der Waals surface area contributed by atoms with Crippen LogP contribution in [-0.2, 0) is 26.7 Å². The molecule has 0 aliphatic carbocycles. The number of hydrogen-bond donors (Lipinski definition) is 1. The highest BCUT2D eigenvalue weighted by molar-refractivity contribution is 7.88. The number of pyridine rings is 1. The van der Waals surface area contributed by atoms with Crippen LogP contribution in [0.3, 0.4) is 0 Å². The minimum Gasteiger partial charge on any atom is -0.748 e. The summed E-state index contributed by atoms with van der Waals surface area (Å²) in [7, 11) is -6.97. The number of hydrogen-bond acceptors (Lipinski definition) is 5. The summed E-state index contributed by atoms with van der Waals surface area (Å²) in [6.45, 7) is 1.07. The van der Waals surface area contributed by atoms with E-state index in [0.29, 0.717) is 19.3 Å². The Morgan fingerprint density at radius 3 is 1.89 bits per heavy atom. The topological polar surface area (TPSA) is 107 Å². The van der Waals surface area contributed by atoms with Gasteiger partial charge in [-0.05, 0) is 0 Å². The van der Waals surface area contributed by atoms with Crippen molar-refractivity contribution >= 4 is 20.1 Å². The van der Waals surface area contributed by atoms with E-state index in [9.17, 15) is 8.42 Å². The van der Waals surface area contributed by atoms with E-state index in [1.54, 1.807) is 0 Å². The number of aromatic nitrogens is 1. The monoisotopic (exact) mass is 296 g/mol. The average molecular weight is 296 g/mol. The van der Waals surface area contributed by atoms with Crippen molar-refractivity contribution < 1.29 is 26.0 Å². The lowest BCUT2D eigenvalue weighted by Gasteiger charge is -1.98. The Morgan fingerprint density at radius 2 is 1.50 bits per heavy atom. The quantitative estimate of drug-likeness (QED) is 0.548. The number of nitrogens with one attached hydrogen (secondary N) is 1. The van der Waals surface area contributed by atoms with Gasteiger partial charge < -0.3 is 4.55 Å². The van der Waals surface area contributed by atoms with Gasteiger partial charge in [0, 0.05) is 18.4 Å². The molecule has 7 nitrogen and oxygen atoms in total. The van der Waals surface area contributed by atoms with Crippen LogP contribution < -0.4 is 9.29 Å². The second-order valence-corrected chi connectivity index (χ2v) is 6.73. The molecule has 0 atom stereocenters. The van der Waals surface area contributed by atoms with Gasteiger partial charge in [0.15, 0.2) is 18.9 Å². The van der Waals surface area contributed by atoms with E-state index < -0.39 is 20.1 Å². The first-order valence-corrected chi connectivity index (χ1v) is 8.58. The highest BCUT2D eigenvalue weighted by Crippen LogP contribution is 1.77. The molecule has 0 amide bonds. The van der Waals surface area contributed by atoms with Crippen molar-refractivity contribution in [2.75, 3.05) is 19.1 Å². The molecule has 1 heterocycles. The maximum absolute atomic E-state index is 10.7. The van der Waals surface area contributed by atoms with Crippen molar-refractivity contribution in [1.29, 1.82) is 0 Å². The summed E-state index contributed by atoms with van der Waals surface area (Å²) < 4.78 is 53.0. The Kier molecular flexibility index (Phi) is 6.99. The number of nitrogens with zero attached hydrogens (tertiary/aromatic N) is 1. The van der Waals surface area contributed by atoms with Gasteiger partial charge in [0.2, 0.25) is 10.0 Å². The van der Waals surface area contributed by atoms with Crippen LogP contribution in [0.25, 0.3) is 0 Å². The molecule has 0 aliphatic heterocycles. The molecular weight excluding hydrogens is 280 g/mol. The zero-order chi connectivity index (χ0) is 14.2. The van der Waals surface area contributed by atoms with Gasteiger partial charge in [-0.3, -0.25) is 0 Å². The Morgan fingerprint density at radius 1 is 1.06 bits per heavy atom. The third kappa shape index (κ3) is 15.0.